The van der Waals surface area contributed by atoms with Crippen LogP contribution in [0.5, 0.6) is 0 Å². The fourth-order valence-electron chi connectivity index (χ4n) is 2.67. The second-order valence-electron chi connectivity index (χ2n) is 6.04. The Morgan fingerprint density at radius 3 is 2.08 bits per heavy atom. The molecule has 0 spiro atoms. The zero-order valence-corrected chi connectivity index (χ0v) is 15.5. The van der Waals surface area contributed by atoms with Crippen molar-refractivity contribution in [1.82, 2.24) is 4.90 Å². The van der Waals surface area contributed by atoms with Crippen LogP contribution in [0.2, 0.25) is 10.0 Å². The maximum Gasteiger partial charge on any atom is 0.323 e. The lowest BCUT2D eigenvalue weighted by molar-refractivity contribution is 0.0609. The summed E-state index contributed by atoms with van der Waals surface area (Å²) >= 11 is 11.7. The number of urea groups is 1. The van der Waals surface area contributed by atoms with Crippen LogP contribution in [0.4, 0.5) is 16.2 Å². The summed E-state index contributed by atoms with van der Waals surface area (Å²) < 4.78 is 0. The first-order chi connectivity index (χ1) is 12.3. The Kier molecular flexibility index (Phi) is 4.89. The molecule has 4 amide bonds. The molecule has 0 aliphatic carbocycles. The number of nitrogens with one attached hydrogen (secondary N) is 2. The van der Waals surface area contributed by atoms with Crippen molar-refractivity contribution in [3.8, 4) is 0 Å². The number of hydrogen-bond donors (Lipinski definition) is 2. The third-order valence-electron chi connectivity index (χ3n) is 3.87. The van der Waals surface area contributed by atoms with Crippen LogP contribution in [-0.4, -0.2) is 28.8 Å². The molecule has 0 saturated carbocycles. The number of rotatable bonds is 3. The number of nitrogens with zero attached hydrogens (tertiary/aromatic N) is 1. The predicted molar refractivity (Wildman–Crippen MR) is 101 cm³/mol. The summed E-state index contributed by atoms with van der Waals surface area (Å²) in [6, 6.07) is 8.55. The van der Waals surface area contributed by atoms with E-state index in [-0.39, 0.29) is 23.4 Å². The molecule has 0 unspecified atom stereocenters. The van der Waals surface area contributed by atoms with Crippen LogP contribution in [0.15, 0.2) is 36.4 Å². The molecule has 0 aromatic heterocycles. The molecule has 1 aliphatic rings. The SMILES string of the molecule is CC(C)N1C(=O)c2ccc(NC(=O)Nc3ccc(Cl)c(Cl)c3)cc2C1=O. The number of carbonyl (C=O) groups is 3. The molecule has 0 radical (unpaired) electrons. The quantitative estimate of drug-likeness (QED) is 0.747. The number of benzene rings is 2. The molecular formula is C18H15Cl2N3O3. The van der Waals surface area contributed by atoms with Crippen molar-refractivity contribution in [2.75, 3.05) is 10.6 Å². The highest BCUT2D eigenvalue weighted by Crippen LogP contribution is 2.28. The molecule has 2 N–H and O–H groups in total. The zero-order valence-electron chi connectivity index (χ0n) is 14.0. The van der Waals surface area contributed by atoms with Crippen molar-refractivity contribution >= 4 is 52.4 Å². The molecule has 3 rings (SSSR count). The first kappa shape index (κ1) is 18.2. The smallest absolute Gasteiger partial charge is 0.308 e. The van der Waals surface area contributed by atoms with E-state index in [9.17, 15) is 14.4 Å². The molecule has 1 heterocycles. The van der Waals surface area contributed by atoms with Crippen LogP contribution >= 0.6 is 23.2 Å². The van der Waals surface area contributed by atoms with Gasteiger partial charge in [-0.25, -0.2) is 4.79 Å². The number of anilines is 2. The van der Waals surface area contributed by atoms with Crippen LogP contribution in [-0.2, 0) is 0 Å². The van der Waals surface area contributed by atoms with Gasteiger partial charge in [-0.1, -0.05) is 23.2 Å². The molecule has 0 bridgehead atoms. The van der Waals surface area contributed by atoms with Gasteiger partial charge in [-0.05, 0) is 50.2 Å². The lowest BCUT2D eigenvalue weighted by Gasteiger charge is -2.17. The summed E-state index contributed by atoms with van der Waals surface area (Å²) in [6.07, 6.45) is 0. The fourth-order valence-corrected chi connectivity index (χ4v) is 2.97. The highest BCUT2D eigenvalue weighted by atomic mass is 35.5. The third-order valence-corrected chi connectivity index (χ3v) is 4.61. The molecule has 134 valence electrons. The van der Waals surface area contributed by atoms with Gasteiger partial charge in [0, 0.05) is 17.4 Å². The van der Waals surface area contributed by atoms with Gasteiger partial charge in [0.2, 0.25) is 0 Å². The molecule has 6 nitrogen and oxygen atoms in total. The number of fused-ring (bicyclic) bond motifs is 1. The molecule has 0 fully saturated rings. The average molecular weight is 392 g/mol. The summed E-state index contributed by atoms with van der Waals surface area (Å²) in [5.74, 6) is -0.694. The first-order valence-corrected chi connectivity index (χ1v) is 8.58. The number of hydrogen-bond acceptors (Lipinski definition) is 3. The summed E-state index contributed by atoms with van der Waals surface area (Å²) in [4.78, 5) is 38.0. The predicted octanol–water partition coefficient (Wildman–Crippen LogP) is 4.64. The minimum absolute atomic E-state index is 0.239. The number of imide groups is 1. The van der Waals surface area contributed by atoms with E-state index in [2.05, 4.69) is 10.6 Å². The Morgan fingerprint density at radius 2 is 1.46 bits per heavy atom. The van der Waals surface area contributed by atoms with E-state index in [1.807, 2.05) is 0 Å². The third kappa shape index (κ3) is 3.38. The van der Waals surface area contributed by atoms with Gasteiger partial charge in [0.15, 0.2) is 0 Å². The Morgan fingerprint density at radius 1 is 0.885 bits per heavy atom. The van der Waals surface area contributed by atoms with Crippen LogP contribution < -0.4 is 10.6 Å². The first-order valence-electron chi connectivity index (χ1n) is 7.83. The molecule has 8 heteroatoms. The fraction of sp³-hybridized carbons (Fsp3) is 0.167. The van der Waals surface area contributed by atoms with Crippen molar-refractivity contribution < 1.29 is 14.4 Å². The highest BCUT2D eigenvalue weighted by molar-refractivity contribution is 6.42. The minimum Gasteiger partial charge on any atom is -0.308 e. The standard InChI is InChI=1S/C18H15Cl2N3O3/c1-9(2)23-16(24)12-5-3-10(7-13(12)17(23)25)21-18(26)22-11-4-6-14(19)15(20)8-11/h3-9H,1-2H3,(H2,21,22,26). The number of amides is 4. The summed E-state index contributed by atoms with van der Waals surface area (Å²) in [6.45, 7) is 3.54. The molecule has 0 saturated heterocycles. The maximum atomic E-state index is 12.4. The lowest BCUT2D eigenvalue weighted by atomic mass is 10.1. The van der Waals surface area contributed by atoms with E-state index in [0.29, 0.717) is 27.0 Å². The molecular weight excluding hydrogens is 377 g/mol. The normalized spacial score (nSPS) is 13.2. The summed E-state index contributed by atoms with van der Waals surface area (Å²) in [5, 5.41) is 5.95. The van der Waals surface area contributed by atoms with Gasteiger partial charge in [-0.3, -0.25) is 14.5 Å². The Bertz CT molecular complexity index is 928. The molecule has 26 heavy (non-hydrogen) atoms. The van der Waals surface area contributed by atoms with Gasteiger partial charge >= 0.3 is 6.03 Å². The topological polar surface area (TPSA) is 78.5 Å². The van der Waals surface area contributed by atoms with E-state index in [0.717, 1.165) is 0 Å². The van der Waals surface area contributed by atoms with Gasteiger partial charge < -0.3 is 10.6 Å². The minimum atomic E-state index is -0.513. The molecule has 0 atom stereocenters. The van der Waals surface area contributed by atoms with E-state index < -0.39 is 6.03 Å². The van der Waals surface area contributed by atoms with Crippen molar-refractivity contribution in [2.45, 2.75) is 19.9 Å². The highest BCUT2D eigenvalue weighted by Gasteiger charge is 2.37. The van der Waals surface area contributed by atoms with Crippen molar-refractivity contribution in [3.63, 3.8) is 0 Å². The van der Waals surface area contributed by atoms with Crippen LogP contribution in [0.3, 0.4) is 0 Å². The van der Waals surface area contributed by atoms with E-state index in [4.69, 9.17) is 23.2 Å². The monoisotopic (exact) mass is 391 g/mol. The average Bonchev–Trinajstić information content (AvgIpc) is 2.82. The van der Waals surface area contributed by atoms with Crippen molar-refractivity contribution in [3.05, 3.63) is 57.6 Å². The number of carbonyl (C=O) groups excluding carboxylic acids is 3. The van der Waals surface area contributed by atoms with Gasteiger partial charge in [-0.15, -0.1) is 0 Å². The van der Waals surface area contributed by atoms with Crippen molar-refractivity contribution in [1.29, 1.82) is 0 Å². The molecule has 1 aliphatic heterocycles. The van der Waals surface area contributed by atoms with Crippen LogP contribution in [0.1, 0.15) is 34.6 Å². The summed E-state index contributed by atoms with van der Waals surface area (Å²) in [5.41, 5.74) is 1.47. The Balaban J connectivity index is 1.76. The number of halogens is 2. The van der Waals surface area contributed by atoms with Gasteiger partial charge in [0.1, 0.15) is 0 Å². The summed E-state index contributed by atoms with van der Waals surface area (Å²) in [7, 11) is 0. The van der Waals surface area contributed by atoms with E-state index in [1.165, 1.54) is 23.1 Å². The Labute approximate surface area is 160 Å². The zero-order chi connectivity index (χ0) is 19.0. The largest absolute Gasteiger partial charge is 0.323 e. The van der Waals surface area contributed by atoms with E-state index in [1.54, 1.807) is 32.0 Å². The van der Waals surface area contributed by atoms with Gasteiger partial charge in [-0.2, -0.15) is 0 Å². The lowest BCUT2D eigenvalue weighted by Crippen LogP contribution is -2.35. The van der Waals surface area contributed by atoms with Gasteiger partial charge in [0.25, 0.3) is 11.8 Å². The van der Waals surface area contributed by atoms with Gasteiger partial charge in [0.05, 0.1) is 21.2 Å². The second kappa shape index (κ2) is 6.97. The molecule has 2 aromatic rings. The Hall–Kier alpha value is -2.57. The van der Waals surface area contributed by atoms with Crippen LogP contribution in [0.25, 0.3) is 0 Å². The molecule has 2 aromatic carbocycles. The van der Waals surface area contributed by atoms with Crippen LogP contribution in [0, 0.1) is 0 Å². The van der Waals surface area contributed by atoms with Crippen molar-refractivity contribution in [2.24, 2.45) is 0 Å². The second-order valence-corrected chi connectivity index (χ2v) is 6.86. The maximum absolute atomic E-state index is 12.4. The van der Waals surface area contributed by atoms with E-state index >= 15 is 0 Å².